The fourth-order valence-electron chi connectivity index (χ4n) is 8.50. The van der Waals surface area contributed by atoms with Crippen molar-refractivity contribution in [3.05, 3.63) is 182 Å². The number of ether oxygens (including phenoxy) is 3. The van der Waals surface area contributed by atoms with E-state index in [1.807, 2.05) is 0 Å². The molecule has 1 atom stereocenters. The van der Waals surface area contributed by atoms with Crippen LogP contribution >= 0.6 is 0 Å². The van der Waals surface area contributed by atoms with Crippen molar-refractivity contribution in [2.24, 2.45) is 0 Å². The third-order valence-corrected chi connectivity index (χ3v) is 13.4. The minimum atomic E-state index is -0.815. The highest BCUT2D eigenvalue weighted by atomic mass is 16.6. The summed E-state index contributed by atoms with van der Waals surface area (Å²) in [5, 5.41) is 0. The minimum absolute atomic E-state index is 0.106. The van der Waals surface area contributed by atoms with Crippen LogP contribution in [0.2, 0.25) is 0 Å². The van der Waals surface area contributed by atoms with E-state index in [2.05, 4.69) is 203 Å². The van der Waals surface area contributed by atoms with Gasteiger partial charge in [0.05, 0.1) is 0 Å². The Morgan fingerprint density at radius 3 is 0.759 bits per heavy atom. The third-order valence-electron chi connectivity index (χ3n) is 13.4. The molecule has 0 aliphatic heterocycles. The Labute approximate surface area is 510 Å². The van der Waals surface area contributed by atoms with Crippen LogP contribution in [0, 0.1) is 0 Å². The summed E-state index contributed by atoms with van der Waals surface area (Å²) in [6.07, 6.45) is 103. The Morgan fingerprint density at radius 2 is 0.470 bits per heavy atom. The lowest BCUT2D eigenvalue weighted by Gasteiger charge is -2.18. The lowest BCUT2D eigenvalue weighted by Crippen LogP contribution is -2.30. The molecule has 0 saturated carbocycles. The van der Waals surface area contributed by atoms with Crippen molar-refractivity contribution < 1.29 is 28.6 Å². The first-order valence-electron chi connectivity index (χ1n) is 33.3. The van der Waals surface area contributed by atoms with Gasteiger partial charge in [0, 0.05) is 19.3 Å². The molecule has 6 nitrogen and oxygen atoms in total. The second-order valence-corrected chi connectivity index (χ2v) is 21.3. The second-order valence-electron chi connectivity index (χ2n) is 21.3. The van der Waals surface area contributed by atoms with E-state index in [4.69, 9.17) is 14.2 Å². The SMILES string of the molecule is CC/C=C\C/C=C\C/C=C\C/C=C\C/C=C\C/C=C\C/C=C\C/C=C\CCCCC(=O)OC(COC(=O)CCCCCCCCC/C=C\C/C=C\C/C=C\C/C=C\C/C=C\C/C=C\C/C=C\CC)COC(=O)CCCCCCCCCCC. The van der Waals surface area contributed by atoms with Crippen molar-refractivity contribution in [2.75, 3.05) is 13.2 Å². The van der Waals surface area contributed by atoms with E-state index in [0.29, 0.717) is 19.3 Å². The summed E-state index contributed by atoms with van der Waals surface area (Å²) >= 11 is 0. The van der Waals surface area contributed by atoms with Gasteiger partial charge >= 0.3 is 17.9 Å². The van der Waals surface area contributed by atoms with Crippen LogP contribution in [0.5, 0.6) is 0 Å². The first-order valence-corrected chi connectivity index (χ1v) is 33.3. The highest BCUT2D eigenvalue weighted by Gasteiger charge is 2.19. The van der Waals surface area contributed by atoms with E-state index in [9.17, 15) is 14.4 Å². The molecule has 0 saturated heterocycles. The molecule has 464 valence electrons. The summed E-state index contributed by atoms with van der Waals surface area (Å²) in [5.41, 5.74) is 0. The van der Waals surface area contributed by atoms with Crippen molar-refractivity contribution in [1.82, 2.24) is 0 Å². The molecular formula is C77H120O6. The number of carbonyl (C=O) groups is 3. The maximum Gasteiger partial charge on any atom is 0.306 e. The number of hydrogen-bond donors (Lipinski definition) is 0. The van der Waals surface area contributed by atoms with Crippen LogP contribution in [-0.2, 0) is 28.6 Å². The van der Waals surface area contributed by atoms with Gasteiger partial charge in [-0.15, -0.1) is 0 Å². The molecule has 0 bridgehead atoms. The van der Waals surface area contributed by atoms with Gasteiger partial charge in [0.15, 0.2) is 6.10 Å². The van der Waals surface area contributed by atoms with Crippen molar-refractivity contribution in [1.29, 1.82) is 0 Å². The van der Waals surface area contributed by atoms with Crippen LogP contribution in [0.15, 0.2) is 182 Å². The molecule has 0 aliphatic carbocycles. The summed E-state index contributed by atoms with van der Waals surface area (Å²) in [5.74, 6) is -0.971. The Balaban J connectivity index is 4.37. The van der Waals surface area contributed by atoms with Crippen molar-refractivity contribution >= 4 is 17.9 Å². The van der Waals surface area contributed by atoms with Crippen molar-refractivity contribution in [2.45, 2.75) is 271 Å². The maximum atomic E-state index is 12.9. The summed E-state index contributed by atoms with van der Waals surface area (Å²) in [6, 6.07) is 0. The number of esters is 3. The molecule has 0 heterocycles. The molecule has 0 spiro atoms. The monoisotopic (exact) mass is 1140 g/mol. The minimum Gasteiger partial charge on any atom is -0.462 e. The molecule has 0 amide bonds. The summed E-state index contributed by atoms with van der Waals surface area (Å²) in [6.45, 7) is 6.34. The van der Waals surface area contributed by atoms with E-state index in [1.165, 1.54) is 64.2 Å². The molecule has 0 aliphatic rings. The molecular weight excluding hydrogens is 1020 g/mol. The standard InChI is InChI=1S/C77H120O6/c1-4-7-10-13-16-19-21-23-25-27-29-31-33-35-37-38-40-41-43-45-47-49-51-53-55-58-61-64-67-70-76(79)82-73-74(72-81-75(78)69-66-63-60-57-18-15-12-9-6-3)83-77(80)71-68-65-62-59-56-54-52-50-48-46-44-42-39-36-34-32-30-28-26-24-22-20-17-14-11-8-5-2/h7-8,10-11,16-17,19-20,23-26,29-32,35-37,39-41,44-47,50,52,56,59,74H,4-6,9,12-15,18,21-22,27-28,33-34,38,42-43,48-49,51,53-55,57-58,60-73H2,1-3H3/b10-7-,11-8-,19-16-,20-17-,25-23-,26-24-,31-29-,32-30-,37-35-,39-36-,41-40-,46-44-,47-45-,52-50-,59-56-. The van der Waals surface area contributed by atoms with Gasteiger partial charge in [-0.3, -0.25) is 14.4 Å². The molecule has 0 rings (SSSR count). The Morgan fingerprint density at radius 1 is 0.253 bits per heavy atom. The summed E-state index contributed by atoms with van der Waals surface area (Å²) in [4.78, 5) is 38.2. The first kappa shape index (κ1) is 77.5. The maximum absolute atomic E-state index is 12.9. The lowest BCUT2D eigenvalue weighted by atomic mass is 10.1. The number of carbonyl (C=O) groups excluding carboxylic acids is 3. The average molecular weight is 1140 g/mol. The van der Waals surface area contributed by atoms with Gasteiger partial charge in [-0.25, -0.2) is 0 Å². The molecule has 0 N–H and O–H groups in total. The Kier molecular flexibility index (Phi) is 64.4. The highest BCUT2D eigenvalue weighted by Crippen LogP contribution is 2.14. The van der Waals surface area contributed by atoms with Crippen LogP contribution in [0.1, 0.15) is 265 Å². The average Bonchev–Trinajstić information content (AvgIpc) is 3.50. The fraction of sp³-hybridized carbons (Fsp3) is 0.571. The molecule has 0 fully saturated rings. The Hall–Kier alpha value is -5.49. The van der Waals surface area contributed by atoms with Gasteiger partial charge in [0.25, 0.3) is 0 Å². The van der Waals surface area contributed by atoms with Gasteiger partial charge in [-0.1, -0.05) is 287 Å². The Bertz CT molecular complexity index is 1940. The van der Waals surface area contributed by atoms with Crippen LogP contribution in [0.25, 0.3) is 0 Å². The molecule has 0 aromatic heterocycles. The predicted octanol–water partition coefficient (Wildman–Crippen LogP) is 23.2. The van der Waals surface area contributed by atoms with Crippen molar-refractivity contribution in [3.8, 4) is 0 Å². The molecule has 0 aromatic rings. The molecule has 6 heteroatoms. The van der Waals surface area contributed by atoms with Crippen LogP contribution in [0.3, 0.4) is 0 Å². The molecule has 0 aromatic carbocycles. The molecule has 0 radical (unpaired) electrons. The topological polar surface area (TPSA) is 78.9 Å². The van der Waals surface area contributed by atoms with Gasteiger partial charge in [-0.2, -0.15) is 0 Å². The largest absolute Gasteiger partial charge is 0.462 e. The first-order chi connectivity index (χ1) is 41.0. The second kappa shape index (κ2) is 69.0. The number of unbranched alkanes of at least 4 members (excludes halogenated alkanes) is 17. The highest BCUT2D eigenvalue weighted by molar-refractivity contribution is 5.71. The van der Waals surface area contributed by atoms with Crippen LogP contribution in [0.4, 0.5) is 0 Å². The lowest BCUT2D eigenvalue weighted by molar-refractivity contribution is -0.167. The van der Waals surface area contributed by atoms with E-state index < -0.39 is 6.10 Å². The third kappa shape index (κ3) is 67.2. The molecule has 83 heavy (non-hydrogen) atoms. The van der Waals surface area contributed by atoms with E-state index >= 15 is 0 Å². The zero-order chi connectivity index (χ0) is 59.9. The zero-order valence-electron chi connectivity index (χ0n) is 53.1. The zero-order valence-corrected chi connectivity index (χ0v) is 53.1. The van der Waals surface area contributed by atoms with Crippen molar-refractivity contribution in [3.63, 3.8) is 0 Å². The molecule has 1 unspecified atom stereocenters. The number of hydrogen-bond acceptors (Lipinski definition) is 6. The van der Waals surface area contributed by atoms with Gasteiger partial charge in [-0.05, 0) is 141 Å². The number of allylic oxidation sites excluding steroid dienone is 30. The fourth-order valence-corrected chi connectivity index (χ4v) is 8.50. The van der Waals surface area contributed by atoms with Crippen LogP contribution in [-0.4, -0.2) is 37.2 Å². The summed E-state index contributed by atoms with van der Waals surface area (Å²) in [7, 11) is 0. The quantitative estimate of drug-likeness (QED) is 0.0261. The predicted molar refractivity (Wildman–Crippen MR) is 361 cm³/mol. The van der Waals surface area contributed by atoms with Gasteiger partial charge in [0.1, 0.15) is 13.2 Å². The normalized spacial score (nSPS) is 13.3. The smallest absolute Gasteiger partial charge is 0.306 e. The van der Waals surface area contributed by atoms with E-state index in [1.54, 1.807) is 0 Å². The van der Waals surface area contributed by atoms with Crippen LogP contribution < -0.4 is 0 Å². The van der Waals surface area contributed by atoms with E-state index in [0.717, 1.165) is 154 Å². The summed E-state index contributed by atoms with van der Waals surface area (Å²) < 4.78 is 16.8. The number of rotatable bonds is 58. The van der Waals surface area contributed by atoms with Gasteiger partial charge in [0.2, 0.25) is 0 Å². The van der Waals surface area contributed by atoms with Gasteiger partial charge < -0.3 is 14.2 Å². The van der Waals surface area contributed by atoms with E-state index in [-0.39, 0.29) is 37.5 Å².